The second-order valence-corrected chi connectivity index (χ2v) is 24.7. The Labute approximate surface area is 450 Å². The molecule has 4 aliphatic carbocycles. The van der Waals surface area contributed by atoms with Crippen molar-refractivity contribution >= 4 is 5.96 Å². The number of hydrogen-bond donors (Lipinski definition) is 7. The van der Waals surface area contributed by atoms with Gasteiger partial charge < -0.3 is 60.3 Å². The number of phenols is 1. The maximum Gasteiger partial charge on any atom is 0.188 e. The molecular weight excluding hydrogens is 959 g/mol. The molecule has 0 amide bonds. The van der Waals surface area contributed by atoms with Gasteiger partial charge in [-0.2, -0.15) is 0 Å². The zero-order valence-corrected chi connectivity index (χ0v) is 45.3. The number of phenolic OH excluding ortho intramolecular Hbond substituents is 1. The van der Waals surface area contributed by atoms with Crippen LogP contribution >= 0.6 is 0 Å². The van der Waals surface area contributed by atoms with Gasteiger partial charge in [0.2, 0.25) is 0 Å². The van der Waals surface area contributed by atoms with E-state index in [0.717, 1.165) is 103 Å². The summed E-state index contributed by atoms with van der Waals surface area (Å²) in [5.41, 5.74) is 13.3. The fourth-order valence-electron chi connectivity index (χ4n) is 16.2. The molecule has 7 aliphatic heterocycles. The van der Waals surface area contributed by atoms with Crippen LogP contribution in [0.3, 0.4) is 0 Å². The molecule has 3 fully saturated rings. The van der Waals surface area contributed by atoms with Gasteiger partial charge in [-0.3, -0.25) is 4.99 Å². The van der Waals surface area contributed by atoms with Gasteiger partial charge in [0.25, 0.3) is 0 Å². The minimum atomic E-state index is -0.904. The first-order valence-electron chi connectivity index (χ1n) is 29.0. The van der Waals surface area contributed by atoms with E-state index >= 15 is 0 Å². The van der Waals surface area contributed by atoms with Crippen LogP contribution < -0.4 is 30.0 Å². The molecule has 13 heteroatoms. The molecule has 0 unspecified atom stereocenters. The lowest BCUT2D eigenvalue weighted by Crippen LogP contribution is -2.49. The first kappa shape index (κ1) is 53.1. The van der Waals surface area contributed by atoms with Crippen LogP contribution in [0.15, 0.2) is 53.5 Å². The summed E-state index contributed by atoms with van der Waals surface area (Å²) in [5, 5.41) is 61.4. The first-order chi connectivity index (χ1) is 36.8. The van der Waals surface area contributed by atoms with Crippen molar-refractivity contribution in [2.75, 3.05) is 40.0 Å². The van der Waals surface area contributed by atoms with Crippen molar-refractivity contribution in [2.45, 2.75) is 160 Å². The number of nitrogens with two attached hydrogens (primary N) is 1. The number of aliphatic hydroxyl groups excluding tert-OH is 4. The Balaban J connectivity index is 1.03. The van der Waals surface area contributed by atoms with Gasteiger partial charge in [-0.1, -0.05) is 57.8 Å². The quantitative estimate of drug-likeness (QED) is 0.0915. The summed E-state index contributed by atoms with van der Waals surface area (Å²) in [7, 11) is 1.72. The van der Waals surface area contributed by atoms with Crippen molar-refractivity contribution in [3.8, 4) is 51.9 Å². The van der Waals surface area contributed by atoms with Crippen molar-refractivity contribution in [1.82, 2.24) is 5.32 Å². The maximum atomic E-state index is 12.5. The molecule has 3 aromatic carbocycles. The minimum absolute atomic E-state index is 0.00739. The molecule has 11 aliphatic rings. The second kappa shape index (κ2) is 22.0. The van der Waals surface area contributed by atoms with Crippen LogP contribution in [0.25, 0.3) is 11.1 Å². The summed E-state index contributed by atoms with van der Waals surface area (Å²) in [4.78, 5) is 5.15. The molecule has 0 radical (unpaired) electrons. The molecule has 0 aromatic heterocycles. The number of fused-ring (bicyclic) bond motifs is 2. The number of guanidine groups is 1. The zero-order valence-electron chi connectivity index (χ0n) is 45.3. The number of aliphatic imine (C=N–C) groups is 1. The number of allylic oxidation sites excluding steroid dienone is 2. The van der Waals surface area contributed by atoms with E-state index < -0.39 is 18.3 Å². The van der Waals surface area contributed by atoms with E-state index in [1.807, 2.05) is 30.3 Å². The van der Waals surface area contributed by atoms with E-state index in [4.69, 9.17) is 34.4 Å². The highest BCUT2D eigenvalue weighted by Crippen LogP contribution is 2.62. The van der Waals surface area contributed by atoms with E-state index in [0.29, 0.717) is 105 Å². The van der Waals surface area contributed by atoms with Crippen LogP contribution in [-0.2, 0) is 24.0 Å². The van der Waals surface area contributed by atoms with Crippen molar-refractivity contribution in [1.29, 1.82) is 0 Å². The van der Waals surface area contributed by atoms with Crippen molar-refractivity contribution < 1.29 is 49.2 Å². The van der Waals surface area contributed by atoms with E-state index in [9.17, 15) is 25.5 Å². The van der Waals surface area contributed by atoms with Crippen molar-refractivity contribution in [2.24, 2.45) is 63.0 Å². The van der Waals surface area contributed by atoms with Crippen molar-refractivity contribution in [3.05, 3.63) is 76.4 Å². The molecule has 13 nitrogen and oxygen atoms in total. The Morgan fingerprint density at radius 2 is 1.75 bits per heavy atom. The minimum Gasteiger partial charge on any atom is -0.508 e. The summed E-state index contributed by atoms with van der Waals surface area (Å²) in [6.07, 6.45) is 17.3. The molecule has 410 valence electrons. The smallest absolute Gasteiger partial charge is 0.188 e. The van der Waals surface area contributed by atoms with Crippen molar-refractivity contribution in [3.63, 3.8) is 0 Å². The summed E-state index contributed by atoms with van der Waals surface area (Å²) in [5.74, 6) is 7.30. The highest BCUT2D eigenvalue weighted by Gasteiger charge is 2.57. The lowest BCUT2D eigenvalue weighted by Gasteiger charge is -2.51. The average Bonchev–Trinajstić information content (AvgIpc) is 3.88. The predicted octanol–water partition coefficient (Wildman–Crippen LogP) is 9.06. The number of aliphatic hydroxyl groups is 4. The number of nitrogens with zero attached hydrogens (tertiary/aromatic N) is 1. The highest BCUT2D eigenvalue weighted by molar-refractivity contribution is 5.84. The molecule has 14 atom stereocenters. The first-order valence-corrected chi connectivity index (χ1v) is 29.0. The molecule has 2 saturated carbocycles. The number of nitrogens with one attached hydrogen (secondary N) is 1. The molecule has 3 aromatic rings. The van der Waals surface area contributed by atoms with Crippen LogP contribution in [0.4, 0.5) is 0 Å². The van der Waals surface area contributed by atoms with Crippen LogP contribution in [0.1, 0.15) is 144 Å². The Bertz CT molecular complexity index is 2730. The number of rotatable bonds is 6. The van der Waals surface area contributed by atoms with Crippen LogP contribution in [0, 0.1) is 64.3 Å². The average molecular weight is 1040 g/mol. The van der Waals surface area contributed by atoms with Gasteiger partial charge in [-0.15, -0.1) is 0 Å². The Morgan fingerprint density at radius 3 is 2.55 bits per heavy atom. The van der Waals surface area contributed by atoms with Crippen LogP contribution in [-0.4, -0.2) is 95.9 Å². The van der Waals surface area contributed by atoms with Gasteiger partial charge >= 0.3 is 0 Å². The van der Waals surface area contributed by atoms with Gasteiger partial charge in [-0.25, -0.2) is 0 Å². The Kier molecular flexibility index (Phi) is 15.4. The number of aromatic hydroxyl groups is 1. The van der Waals surface area contributed by atoms with Gasteiger partial charge in [-0.05, 0) is 175 Å². The second-order valence-electron chi connectivity index (χ2n) is 24.7. The lowest BCUT2D eigenvalue weighted by atomic mass is 9.57. The van der Waals surface area contributed by atoms with Gasteiger partial charge in [0, 0.05) is 68.2 Å². The number of benzene rings is 3. The predicted molar refractivity (Wildman–Crippen MR) is 292 cm³/mol. The normalized spacial score (nSPS) is 34.9. The summed E-state index contributed by atoms with van der Waals surface area (Å²) in [6, 6.07) is 11.9. The van der Waals surface area contributed by atoms with Gasteiger partial charge in [0.1, 0.15) is 35.6 Å². The molecular formula is C63H83N3O10. The number of hydrogen-bond acceptors (Lipinski definition) is 13. The van der Waals surface area contributed by atoms with E-state index in [1.54, 1.807) is 7.11 Å². The molecule has 9 bridgehead atoms. The number of methoxy groups -OCH3 is 1. The third-order valence-corrected chi connectivity index (χ3v) is 20.0. The Hall–Kier alpha value is -4.97. The SMILES string of the molecule is CC[C@@H]1C[C@@H]2C=C[C@H]1C[C@H](O)C[C@]1(CCC[C@@]13CCO[C@@H](CO)C3)CN=C(N)NCC[C@@H]1[C@@H](CO)CC[C@H]3CC#COc4ccc(cc4O[C@H]31)[C@@H]1Oc3cc(OC)c4c(c3C[C@H]1O)[C@H]2Cc1cc(O)c(CC(C)C)cc1-4. The van der Waals surface area contributed by atoms with E-state index in [-0.39, 0.29) is 71.8 Å². The topological polar surface area (TPSA) is 198 Å². The molecule has 1 saturated heterocycles. The van der Waals surface area contributed by atoms with Crippen LogP contribution in [0.5, 0.6) is 28.7 Å². The molecule has 2 spiro atoms. The number of ether oxygens (including phenoxy) is 5. The third kappa shape index (κ3) is 9.97. The van der Waals surface area contributed by atoms with E-state index in [1.165, 1.54) is 0 Å². The fraction of sp³-hybridized carbons (Fsp3) is 0.635. The van der Waals surface area contributed by atoms with Crippen LogP contribution in [0.2, 0.25) is 0 Å². The monoisotopic (exact) mass is 1040 g/mol. The summed E-state index contributed by atoms with van der Waals surface area (Å²) in [6.45, 7) is 8.17. The van der Waals surface area contributed by atoms with E-state index in [2.05, 4.69) is 56.3 Å². The molecule has 7 heterocycles. The Morgan fingerprint density at radius 1 is 0.908 bits per heavy atom. The lowest BCUT2D eigenvalue weighted by molar-refractivity contribution is -0.116. The molecule has 14 rings (SSSR count). The largest absolute Gasteiger partial charge is 0.508 e. The standard InChI is InChI=1S/C63H83N3O10/c1-5-37-23-40-11-10-39(37)24-45(69)31-63(17-7-16-62(63)18-21-73-46(32-62)34-68)35-66-61(64)65-19-15-47-42(33-67)12-9-38-8-6-20-74-53-14-13-41(28-55(53)76-59(38)47)60-52(71)29-50-54(75-60)30-56(72-4)58-49-26-44(22-36(2)3)51(70)27-43(49)25-48(40)57(50)58/h10-11,13-14,26-28,30,36-40,42,45-48,52,59-60,67-71H,5,7-9,12,15-19,21-25,29,31-35H2,1-4H3,(H3,64,65,66)/t37-,38-,39+,40+,42-,45+,46-,47-,48+,52-,59-,60+,62+,63-/m1/s1. The maximum absolute atomic E-state index is 12.5. The third-order valence-electron chi connectivity index (χ3n) is 20.0. The fourth-order valence-corrected chi connectivity index (χ4v) is 16.2. The summed E-state index contributed by atoms with van der Waals surface area (Å²) < 4.78 is 32.8. The highest BCUT2D eigenvalue weighted by atomic mass is 16.5. The molecule has 76 heavy (non-hydrogen) atoms. The zero-order chi connectivity index (χ0) is 52.9. The van der Waals surface area contributed by atoms with Gasteiger partial charge in [0.15, 0.2) is 17.5 Å². The van der Waals surface area contributed by atoms with Gasteiger partial charge in [0.05, 0.1) is 32.0 Å². The molecule has 8 N–H and O–H groups in total. The summed E-state index contributed by atoms with van der Waals surface area (Å²) >= 11 is 0.